The molecule has 10 nitrogen and oxygen atoms in total. The number of ether oxygens (including phenoxy) is 1. The minimum Gasteiger partial charge on any atom is -0.444 e. The molecule has 214 valence electrons. The van der Waals surface area contributed by atoms with Crippen molar-refractivity contribution >= 4 is 33.0 Å². The van der Waals surface area contributed by atoms with Gasteiger partial charge in [0, 0.05) is 30.5 Å². The van der Waals surface area contributed by atoms with Crippen LogP contribution in [0.4, 0.5) is 10.6 Å². The van der Waals surface area contributed by atoms with E-state index in [0.717, 1.165) is 24.1 Å². The first kappa shape index (κ1) is 27.2. The average molecular weight is 575 g/mol. The van der Waals surface area contributed by atoms with Crippen LogP contribution in [-0.4, -0.2) is 69.1 Å². The summed E-state index contributed by atoms with van der Waals surface area (Å²) in [5, 5.41) is 0.652. The molecule has 0 saturated carbocycles. The van der Waals surface area contributed by atoms with E-state index in [1.807, 2.05) is 69.0 Å². The first-order chi connectivity index (χ1) is 19.5. The molecule has 1 amide bonds. The molecule has 2 aliphatic rings. The molecule has 41 heavy (non-hydrogen) atoms. The molecule has 0 spiro atoms. The van der Waals surface area contributed by atoms with Crippen molar-refractivity contribution in [2.45, 2.75) is 64.0 Å². The Kier molecular flexibility index (Phi) is 6.72. The lowest BCUT2D eigenvalue weighted by Gasteiger charge is -2.41. The molecule has 11 heteroatoms. The van der Waals surface area contributed by atoms with Gasteiger partial charge in [0.15, 0.2) is 5.65 Å². The summed E-state index contributed by atoms with van der Waals surface area (Å²) in [6.45, 7) is 8.65. The van der Waals surface area contributed by atoms with E-state index in [1.54, 1.807) is 18.3 Å². The summed E-state index contributed by atoms with van der Waals surface area (Å²) in [6, 6.07) is 14.7. The average Bonchev–Trinajstić information content (AvgIpc) is 3.43. The maximum absolute atomic E-state index is 14.0. The summed E-state index contributed by atoms with van der Waals surface area (Å²) < 4.78 is 35.1. The van der Waals surface area contributed by atoms with Gasteiger partial charge in [-0.05, 0) is 64.3 Å². The van der Waals surface area contributed by atoms with Crippen molar-refractivity contribution in [2.75, 3.05) is 18.0 Å². The number of hydrogen-bond donors (Lipinski definition) is 0. The molecule has 0 radical (unpaired) electrons. The van der Waals surface area contributed by atoms with E-state index in [1.165, 1.54) is 10.3 Å². The molecule has 5 heterocycles. The third kappa shape index (κ3) is 5.26. The van der Waals surface area contributed by atoms with Crippen LogP contribution >= 0.6 is 0 Å². The SMILES string of the molecule is Cc1cc(-c2cc3c(N4CC5CCC(C4)N5C(=O)OC(C)(C)C)ncnc3n2S(=O)(=O)Cc2ccccc2)ccn1. The quantitative estimate of drug-likeness (QED) is 0.335. The Balaban J connectivity index is 1.42. The Labute approximate surface area is 240 Å². The van der Waals surface area contributed by atoms with E-state index in [-0.39, 0.29) is 23.9 Å². The predicted octanol–water partition coefficient (Wildman–Crippen LogP) is 4.77. The predicted molar refractivity (Wildman–Crippen MR) is 157 cm³/mol. The second-order valence-corrected chi connectivity index (χ2v) is 13.7. The summed E-state index contributed by atoms with van der Waals surface area (Å²) >= 11 is 0. The van der Waals surface area contributed by atoms with Crippen LogP contribution < -0.4 is 4.90 Å². The molecule has 0 N–H and O–H groups in total. The van der Waals surface area contributed by atoms with Crippen LogP contribution in [0.5, 0.6) is 0 Å². The van der Waals surface area contributed by atoms with Crippen LogP contribution in [0.2, 0.25) is 0 Å². The maximum atomic E-state index is 14.0. The standard InChI is InChI=1S/C30H34N6O4S/c1-20-14-22(12-13-31-20)26-15-25-27(34-16-23-10-11-24(17-34)35(23)29(37)40-30(2,3)4)32-19-33-28(25)36(26)41(38,39)18-21-8-6-5-7-9-21/h5-9,12-15,19,23-24H,10-11,16-18H2,1-4H3. The molecular weight excluding hydrogens is 540 g/mol. The van der Waals surface area contributed by atoms with E-state index in [9.17, 15) is 13.2 Å². The van der Waals surface area contributed by atoms with Crippen molar-refractivity contribution in [3.63, 3.8) is 0 Å². The molecule has 2 aliphatic heterocycles. The summed E-state index contributed by atoms with van der Waals surface area (Å²) in [5.74, 6) is 0.489. The van der Waals surface area contributed by atoms with Crippen molar-refractivity contribution in [1.82, 2.24) is 23.8 Å². The van der Waals surface area contributed by atoms with Gasteiger partial charge in [-0.3, -0.25) is 9.88 Å². The first-order valence-electron chi connectivity index (χ1n) is 13.8. The number of benzene rings is 1. The van der Waals surface area contributed by atoms with E-state index in [0.29, 0.717) is 41.2 Å². The number of hydrogen-bond acceptors (Lipinski definition) is 8. The minimum atomic E-state index is -3.86. The largest absolute Gasteiger partial charge is 0.444 e. The van der Waals surface area contributed by atoms with Gasteiger partial charge < -0.3 is 9.64 Å². The summed E-state index contributed by atoms with van der Waals surface area (Å²) in [6.07, 6.45) is 4.57. The monoisotopic (exact) mass is 574 g/mol. The van der Waals surface area contributed by atoms with Gasteiger partial charge in [0.25, 0.3) is 0 Å². The van der Waals surface area contributed by atoms with Crippen LogP contribution in [0.25, 0.3) is 22.3 Å². The molecule has 2 atom stereocenters. The number of piperazine rings is 1. The number of anilines is 1. The highest BCUT2D eigenvalue weighted by molar-refractivity contribution is 7.89. The van der Waals surface area contributed by atoms with E-state index in [4.69, 9.17) is 4.74 Å². The molecule has 0 aliphatic carbocycles. The molecule has 6 rings (SSSR count). The van der Waals surface area contributed by atoms with Gasteiger partial charge in [-0.15, -0.1) is 0 Å². The second-order valence-electron chi connectivity index (χ2n) is 11.8. The van der Waals surface area contributed by atoms with E-state index < -0.39 is 15.6 Å². The van der Waals surface area contributed by atoms with E-state index >= 15 is 0 Å². The molecule has 2 fully saturated rings. The van der Waals surface area contributed by atoms with Crippen molar-refractivity contribution in [3.05, 3.63) is 72.3 Å². The zero-order valence-corrected chi connectivity index (χ0v) is 24.5. The first-order valence-corrected chi connectivity index (χ1v) is 15.4. The molecule has 2 bridgehead atoms. The van der Waals surface area contributed by atoms with Crippen LogP contribution in [0, 0.1) is 6.92 Å². The van der Waals surface area contributed by atoms with Crippen molar-refractivity contribution in [2.24, 2.45) is 0 Å². The number of aromatic nitrogens is 4. The van der Waals surface area contributed by atoms with Gasteiger partial charge in [0.05, 0.1) is 28.9 Å². The number of pyridine rings is 1. The number of nitrogens with zero attached hydrogens (tertiary/aromatic N) is 6. The molecule has 4 aromatic rings. The van der Waals surface area contributed by atoms with Gasteiger partial charge in [0.2, 0.25) is 10.0 Å². The van der Waals surface area contributed by atoms with Crippen LogP contribution in [0.1, 0.15) is 44.9 Å². The highest BCUT2D eigenvalue weighted by atomic mass is 32.2. The molecule has 3 aromatic heterocycles. The minimum absolute atomic E-state index is 0.0140. The van der Waals surface area contributed by atoms with Gasteiger partial charge >= 0.3 is 6.09 Å². The lowest BCUT2D eigenvalue weighted by Crippen LogP contribution is -2.57. The topological polar surface area (TPSA) is 111 Å². The van der Waals surface area contributed by atoms with Gasteiger partial charge in [-0.1, -0.05) is 30.3 Å². The fraction of sp³-hybridized carbons (Fsp3) is 0.400. The van der Waals surface area contributed by atoms with Gasteiger partial charge in [-0.2, -0.15) is 0 Å². The molecule has 2 unspecified atom stereocenters. The fourth-order valence-corrected chi connectivity index (χ4v) is 7.56. The molecule has 1 aromatic carbocycles. The number of amides is 1. The van der Waals surface area contributed by atoms with Crippen molar-refractivity contribution in [1.29, 1.82) is 0 Å². The number of rotatable bonds is 5. The normalized spacial score (nSPS) is 19.1. The summed E-state index contributed by atoms with van der Waals surface area (Å²) in [7, 11) is -3.86. The number of fused-ring (bicyclic) bond motifs is 3. The summed E-state index contributed by atoms with van der Waals surface area (Å²) in [4.78, 5) is 30.5. The second kappa shape index (κ2) is 10.1. The van der Waals surface area contributed by atoms with Gasteiger partial charge in [-0.25, -0.2) is 27.2 Å². The van der Waals surface area contributed by atoms with Crippen LogP contribution in [-0.2, 0) is 20.5 Å². The maximum Gasteiger partial charge on any atom is 0.410 e. The number of aryl methyl sites for hydroxylation is 1. The lowest BCUT2D eigenvalue weighted by atomic mass is 10.1. The Hall–Kier alpha value is -3.99. The van der Waals surface area contributed by atoms with Gasteiger partial charge in [0.1, 0.15) is 17.7 Å². The summed E-state index contributed by atoms with van der Waals surface area (Å²) in [5.41, 5.74) is 2.47. The van der Waals surface area contributed by atoms with Crippen molar-refractivity contribution < 1.29 is 17.9 Å². The molecular formula is C30H34N6O4S. The third-order valence-corrected chi connectivity index (χ3v) is 9.21. The Morgan fingerprint density at radius 2 is 1.71 bits per heavy atom. The highest BCUT2D eigenvalue weighted by Crippen LogP contribution is 2.38. The van der Waals surface area contributed by atoms with E-state index in [2.05, 4.69) is 19.9 Å². The van der Waals surface area contributed by atoms with Crippen LogP contribution in [0.3, 0.4) is 0 Å². The fourth-order valence-electron chi connectivity index (χ4n) is 5.95. The third-order valence-electron chi connectivity index (χ3n) is 7.58. The number of carbonyl (C=O) groups excluding carboxylic acids is 1. The zero-order valence-electron chi connectivity index (χ0n) is 23.7. The van der Waals surface area contributed by atoms with Crippen molar-refractivity contribution in [3.8, 4) is 11.3 Å². The smallest absolute Gasteiger partial charge is 0.410 e. The van der Waals surface area contributed by atoms with Crippen LogP contribution in [0.15, 0.2) is 61.1 Å². The zero-order chi connectivity index (χ0) is 28.9. The molecule has 2 saturated heterocycles. The Bertz CT molecular complexity index is 1700. The Morgan fingerprint density at radius 1 is 1.00 bits per heavy atom. The lowest BCUT2D eigenvalue weighted by molar-refractivity contribution is 0.0123. The number of carbonyl (C=O) groups is 1. The highest BCUT2D eigenvalue weighted by Gasteiger charge is 2.45. The Morgan fingerprint density at radius 3 is 2.37 bits per heavy atom.